The van der Waals surface area contributed by atoms with Gasteiger partial charge in [-0.1, -0.05) is 53.2 Å². The first kappa shape index (κ1) is 18.7. The highest BCUT2D eigenvalue weighted by Crippen LogP contribution is 2.27. The van der Waals surface area contributed by atoms with E-state index in [-0.39, 0.29) is 11.7 Å². The normalized spacial score (nSPS) is 10.6. The molecular weight excluding hydrogens is 389 g/mol. The number of carbonyl (C=O) groups excluding carboxylic acids is 1. The first-order valence-electron chi connectivity index (χ1n) is 7.79. The van der Waals surface area contributed by atoms with Gasteiger partial charge >= 0.3 is 0 Å². The van der Waals surface area contributed by atoms with Gasteiger partial charge in [-0.25, -0.2) is 9.97 Å². The van der Waals surface area contributed by atoms with Crippen LogP contribution < -0.4 is 5.32 Å². The number of rotatable bonds is 5. The monoisotopic (exact) mass is 403 g/mol. The molecule has 0 aliphatic rings. The van der Waals surface area contributed by atoms with Crippen LogP contribution in [0.2, 0.25) is 10.0 Å². The van der Waals surface area contributed by atoms with E-state index in [1.165, 1.54) is 11.8 Å². The third kappa shape index (κ3) is 4.97. The Labute approximate surface area is 166 Å². The molecule has 3 aromatic rings. The van der Waals surface area contributed by atoms with Crippen LogP contribution in [0.25, 0.3) is 11.3 Å². The Bertz CT molecular complexity index is 929. The summed E-state index contributed by atoms with van der Waals surface area (Å²) in [7, 11) is 0. The maximum absolute atomic E-state index is 12.2. The molecule has 0 aliphatic carbocycles. The lowest BCUT2D eigenvalue weighted by molar-refractivity contribution is -0.113. The lowest BCUT2D eigenvalue weighted by atomic mass is 10.1. The van der Waals surface area contributed by atoms with Crippen LogP contribution in [0.1, 0.15) is 5.56 Å². The smallest absolute Gasteiger partial charge is 0.234 e. The van der Waals surface area contributed by atoms with Crippen molar-refractivity contribution in [1.82, 2.24) is 9.97 Å². The zero-order valence-corrected chi connectivity index (χ0v) is 16.2. The summed E-state index contributed by atoms with van der Waals surface area (Å²) in [5.41, 5.74) is 3.32. The molecule has 1 amide bonds. The van der Waals surface area contributed by atoms with E-state index in [0.29, 0.717) is 20.9 Å². The van der Waals surface area contributed by atoms with Gasteiger partial charge in [0.2, 0.25) is 5.91 Å². The second-order valence-electron chi connectivity index (χ2n) is 5.53. The molecule has 4 nitrogen and oxygen atoms in total. The van der Waals surface area contributed by atoms with Crippen molar-refractivity contribution in [1.29, 1.82) is 0 Å². The van der Waals surface area contributed by atoms with Crippen molar-refractivity contribution in [3.63, 3.8) is 0 Å². The summed E-state index contributed by atoms with van der Waals surface area (Å²) in [6.07, 6.45) is 1.65. The van der Waals surface area contributed by atoms with Gasteiger partial charge < -0.3 is 5.32 Å². The van der Waals surface area contributed by atoms with Crippen molar-refractivity contribution in [2.45, 2.75) is 12.1 Å². The van der Waals surface area contributed by atoms with Gasteiger partial charge in [-0.3, -0.25) is 4.79 Å². The molecule has 7 heteroatoms. The van der Waals surface area contributed by atoms with Crippen molar-refractivity contribution in [2.75, 3.05) is 11.1 Å². The number of anilines is 1. The first-order valence-corrected chi connectivity index (χ1v) is 9.53. The number of nitrogens with zero attached hydrogens (tertiary/aromatic N) is 2. The quantitative estimate of drug-likeness (QED) is 0.451. The molecule has 2 aromatic carbocycles. The van der Waals surface area contributed by atoms with Crippen LogP contribution in [-0.2, 0) is 4.79 Å². The molecule has 0 aliphatic heterocycles. The van der Waals surface area contributed by atoms with Crippen LogP contribution in [0.15, 0.2) is 59.9 Å². The zero-order chi connectivity index (χ0) is 18.5. The largest absolute Gasteiger partial charge is 0.325 e. The van der Waals surface area contributed by atoms with Crippen molar-refractivity contribution < 1.29 is 4.79 Å². The first-order chi connectivity index (χ1) is 12.5. The van der Waals surface area contributed by atoms with Crippen molar-refractivity contribution >= 4 is 46.6 Å². The van der Waals surface area contributed by atoms with E-state index in [2.05, 4.69) is 15.3 Å². The minimum atomic E-state index is -0.107. The maximum atomic E-state index is 12.2. The Morgan fingerprint density at radius 2 is 1.85 bits per heavy atom. The molecule has 26 heavy (non-hydrogen) atoms. The van der Waals surface area contributed by atoms with Gasteiger partial charge in [-0.15, -0.1) is 0 Å². The highest BCUT2D eigenvalue weighted by molar-refractivity contribution is 7.99. The third-order valence-electron chi connectivity index (χ3n) is 3.54. The highest BCUT2D eigenvalue weighted by Gasteiger charge is 2.09. The minimum absolute atomic E-state index is 0.107. The predicted octanol–water partition coefficient (Wildman–Crippen LogP) is 5.49. The van der Waals surface area contributed by atoms with Crippen LogP contribution in [0.3, 0.4) is 0 Å². The van der Waals surface area contributed by atoms with Crippen LogP contribution >= 0.6 is 35.0 Å². The molecule has 0 radical (unpaired) electrons. The number of aryl methyl sites for hydroxylation is 1. The van der Waals surface area contributed by atoms with Gasteiger partial charge in [0.05, 0.1) is 11.4 Å². The molecule has 0 unspecified atom stereocenters. The average molecular weight is 404 g/mol. The highest BCUT2D eigenvalue weighted by atomic mass is 35.5. The molecule has 1 heterocycles. The number of para-hydroxylation sites is 1. The summed E-state index contributed by atoms with van der Waals surface area (Å²) in [5, 5.41) is 4.48. The Balaban J connectivity index is 1.67. The summed E-state index contributed by atoms with van der Waals surface area (Å²) >= 11 is 13.4. The topological polar surface area (TPSA) is 54.9 Å². The lowest BCUT2D eigenvalue weighted by Gasteiger charge is -2.08. The SMILES string of the molecule is Cc1ccccc1NC(=O)CSc1nccc(-c2cc(Cl)cc(Cl)c2)n1. The van der Waals surface area contributed by atoms with E-state index in [4.69, 9.17) is 23.2 Å². The molecular formula is C19H15Cl2N3OS. The summed E-state index contributed by atoms with van der Waals surface area (Å²) in [5.74, 6) is 0.109. The number of hydrogen-bond acceptors (Lipinski definition) is 4. The van der Waals surface area contributed by atoms with E-state index in [1.807, 2.05) is 31.2 Å². The van der Waals surface area contributed by atoms with E-state index in [9.17, 15) is 4.79 Å². The summed E-state index contributed by atoms with van der Waals surface area (Å²) in [6.45, 7) is 1.95. The molecule has 3 rings (SSSR count). The molecule has 0 fully saturated rings. The molecule has 0 saturated heterocycles. The lowest BCUT2D eigenvalue weighted by Crippen LogP contribution is -2.15. The molecule has 0 atom stereocenters. The Morgan fingerprint density at radius 1 is 1.12 bits per heavy atom. The standard InChI is InChI=1S/C19H15Cl2N3OS/c1-12-4-2-3-5-16(12)23-18(25)11-26-19-22-7-6-17(24-19)13-8-14(20)10-15(21)9-13/h2-10H,11H2,1H3,(H,23,25). The predicted molar refractivity (Wildman–Crippen MR) is 108 cm³/mol. The number of benzene rings is 2. The number of amides is 1. The van der Waals surface area contributed by atoms with Gasteiger partial charge in [0, 0.05) is 27.5 Å². The summed E-state index contributed by atoms with van der Waals surface area (Å²) in [4.78, 5) is 20.8. The molecule has 132 valence electrons. The molecule has 0 bridgehead atoms. The number of hydrogen-bond donors (Lipinski definition) is 1. The van der Waals surface area contributed by atoms with Crippen LogP contribution in [-0.4, -0.2) is 21.6 Å². The van der Waals surface area contributed by atoms with Crippen molar-refractivity contribution in [3.05, 3.63) is 70.3 Å². The zero-order valence-electron chi connectivity index (χ0n) is 13.9. The third-order valence-corrected chi connectivity index (χ3v) is 4.84. The molecule has 1 aromatic heterocycles. The second kappa shape index (κ2) is 8.54. The Morgan fingerprint density at radius 3 is 2.58 bits per heavy atom. The number of nitrogens with one attached hydrogen (secondary N) is 1. The molecule has 0 saturated carbocycles. The number of aromatic nitrogens is 2. The van der Waals surface area contributed by atoms with E-state index in [1.54, 1.807) is 30.5 Å². The summed E-state index contributed by atoms with van der Waals surface area (Å²) < 4.78 is 0. The van der Waals surface area contributed by atoms with E-state index < -0.39 is 0 Å². The van der Waals surface area contributed by atoms with Gasteiger partial charge in [-0.05, 0) is 42.8 Å². The minimum Gasteiger partial charge on any atom is -0.325 e. The average Bonchev–Trinajstić information content (AvgIpc) is 2.61. The van der Waals surface area contributed by atoms with E-state index >= 15 is 0 Å². The van der Waals surface area contributed by atoms with Crippen LogP contribution in [0.4, 0.5) is 5.69 Å². The van der Waals surface area contributed by atoms with Gasteiger partial charge in [0.1, 0.15) is 0 Å². The fraction of sp³-hybridized carbons (Fsp3) is 0.105. The van der Waals surface area contributed by atoms with Crippen LogP contribution in [0, 0.1) is 6.92 Å². The summed E-state index contributed by atoms with van der Waals surface area (Å²) in [6, 6.07) is 14.7. The van der Waals surface area contributed by atoms with Crippen LogP contribution in [0.5, 0.6) is 0 Å². The fourth-order valence-electron chi connectivity index (χ4n) is 2.30. The van der Waals surface area contributed by atoms with E-state index in [0.717, 1.165) is 16.8 Å². The maximum Gasteiger partial charge on any atom is 0.234 e. The van der Waals surface area contributed by atoms with Gasteiger partial charge in [0.15, 0.2) is 5.16 Å². The number of thioether (sulfide) groups is 1. The van der Waals surface area contributed by atoms with Crippen molar-refractivity contribution in [3.8, 4) is 11.3 Å². The van der Waals surface area contributed by atoms with Crippen molar-refractivity contribution in [2.24, 2.45) is 0 Å². The molecule has 1 N–H and O–H groups in total. The second-order valence-corrected chi connectivity index (χ2v) is 7.35. The van der Waals surface area contributed by atoms with Gasteiger partial charge in [-0.2, -0.15) is 0 Å². The molecule has 0 spiro atoms. The number of carbonyl (C=O) groups is 1. The fourth-order valence-corrected chi connectivity index (χ4v) is 3.46. The van der Waals surface area contributed by atoms with Gasteiger partial charge in [0.25, 0.3) is 0 Å². The number of halogens is 2. The Kier molecular flexibility index (Phi) is 6.14. The Hall–Kier alpha value is -2.08.